The second-order valence-electron chi connectivity index (χ2n) is 4.62. The Balaban J connectivity index is 0.00000361. The van der Waals surface area contributed by atoms with E-state index in [1.54, 1.807) is 37.2 Å². The van der Waals surface area contributed by atoms with Gasteiger partial charge < -0.3 is 9.80 Å². The number of hydrogen-bond donors (Lipinski definition) is 0. The quantitative estimate of drug-likeness (QED) is 0.834. The number of pyridine rings is 1. The van der Waals surface area contributed by atoms with Gasteiger partial charge in [-0.3, -0.25) is 4.90 Å². The molecular formula is C13H20BrN5O. The number of carbonyl (C=O) groups is 1. The van der Waals surface area contributed by atoms with Crippen molar-refractivity contribution in [2.24, 2.45) is 0 Å². The molecule has 0 radical (unpaired) electrons. The van der Waals surface area contributed by atoms with E-state index in [2.05, 4.69) is 4.98 Å². The van der Waals surface area contributed by atoms with Crippen molar-refractivity contribution in [2.45, 2.75) is 0 Å². The van der Waals surface area contributed by atoms with Crippen LogP contribution < -0.4 is 4.90 Å². The average molecular weight is 342 g/mol. The minimum absolute atomic E-state index is 0. The molecule has 0 aliphatic rings. The molecule has 0 saturated carbocycles. The number of aromatic nitrogens is 1. The minimum atomic E-state index is -0.149. The van der Waals surface area contributed by atoms with E-state index >= 15 is 0 Å². The van der Waals surface area contributed by atoms with E-state index in [0.717, 1.165) is 6.54 Å². The lowest BCUT2D eigenvalue weighted by molar-refractivity contribution is 0.222. The van der Waals surface area contributed by atoms with Crippen LogP contribution in [0.25, 0.3) is 0 Å². The molecule has 2 amide bonds. The Kier molecular flexibility index (Phi) is 7.80. The van der Waals surface area contributed by atoms with Crippen molar-refractivity contribution >= 4 is 28.8 Å². The highest BCUT2D eigenvalue weighted by Crippen LogP contribution is 2.12. The average Bonchev–Trinajstić information content (AvgIpc) is 2.38. The van der Waals surface area contributed by atoms with Crippen molar-refractivity contribution in [3.8, 4) is 6.07 Å². The number of hydrogen-bond acceptors (Lipinski definition) is 4. The van der Waals surface area contributed by atoms with E-state index in [9.17, 15) is 4.79 Å². The molecule has 0 N–H and O–H groups in total. The summed E-state index contributed by atoms with van der Waals surface area (Å²) in [6, 6.07) is 6.91. The summed E-state index contributed by atoms with van der Waals surface area (Å²) in [5.74, 6) is 0.500. The van der Waals surface area contributed by atoms with Crippen molar-refractivity contribution in [2.75, 3.05) is 46.2 Å². The van der Waals surface area contributed by atoms with E-state index in [1.165, 1.54) is 4.90 Å². The second-order valence-corrected chi connectivity index (χ2v) is 4.62. The maximum atomic E-state index is 12.2. The number of nitrogens with zero attached hydrogens (tertiary/aromatic N) is 5. The van der Waals surface area contributed by atoms with Gasteiger partial charge in [0.2, 0.25) is 0 Å². The van der Waals surface area contributed by atoms with E-state index in [0.29, 0.717) is 18.1 Å². The molecular weight excluding hydrogens is 322 g/mol. The third kappa shape index (κ3) is 5.15. The van der Waals surface area contributed by atoms with Crippen LogP contribution in [0.15, 0.2) is 18.2 Å². The third-order valence-electron chi connectivity index (χ3n) is 2.51. The van der Waals surface area contributed by atoms with Gasteiger partial charge in [0.1, 0.15) is 17.6 Å². The van der Waals surface area contributed by atoms with Crippen molar-refractivity contribution in [1.82, 2.24) is 14.8 Å². The highest BCUT2D eigenvalue weighted by molar-refractivity contribution is 8.93. The molecule has 0 spiro atoms. The number of rotatable bonds is 4. The lowest BCUT2D eigenvalue weighted by atomic mass is 10.3. The predicted molar refractivity (Wildman–Crippen MR) is 84.3 cm³/mol. The molecule has 1 rings (SSSR count). The van der Waals surface area contributed by atoms with Gasteiger partial charge in [-0.05, 0) is 26.2 Å². The highest BCUT2D eigenvalue weighted by Gasteiger charge is 2.18. The van der Waals surface area contributed by atoms with Gasteiger partial charge in [-0.25, -0.2) is 9.78 Å². The van der Waals surface area contributed by atoms with E-state index in [1.807, 2.05) is 25.1 Å². The van der Waals surface area contributed by atoms with Gasteiger partial charge in [0, 0.05) is 27.2 Å². The van der Waals surface area contributed by atoms with Crippen LogP contribution in [-0.4, -0.2) is 62.1 Å². The summed E-state index contributed by atoms with van der Waals surface area (Å²) in [6.45, 7) is 1.24. The fourth-order valence-electron chi connectivity index (χ4n) is 1.49. The molecule has 1 heterocycles. The molecule has 0 fully saturated rings. The van der Waals surface area contributed by atoms with Crippen molar-refractivity contribution < 1.29 is 4.79 Å². The number of amides is 2. The van der Waals surface area contributed by atoms with Gasteiger partial charge in [0.15, 0.2) is 0 Å². The molecule has 1 aromatic heterocycles. The van der Waals surface area contributed by atoms with Gasteiger partial charge in [-0.15, -0.1) is 17.0 Å². The summed E-state index contributed by atoms with van der Waals surface area (Å²) < 4.78 is 0. The molecule has 0 aliphatic carbocycles. The van der Waals surface area contributed by atoms with Gasteiger partial charge in [-0.1, -0.05) is 6.07 Å². The normalized spacial score (nSPS) is 9.60. The Hall–Kier alpha value is -1.65. The lowest BCUT2D eigenvalue weighted by Crippen LogP contribution is -2.43. The zero-order valence-electron chi connectivity index (χ0n) is 12.2. The molecule has 0 unspecified atom stereocenters. The van der Waals surface area contributed by atoms with Crippen LogP contribution >= 0.6 is 17.0 Å². The summed E-state index contributed by atoms with van der Waals surface area (Å²) in [5.41, 5.74) is 0.305. The Morgan fingerprint density at radius 2 is 1.90 bits per heavy atom. The Morgan fingerprint density at radius 1 is 1.25 bits per heavy atom. The van der Waals surface area contributed by atoms with E-state index in [4.69, 9.17) is 5.26 Å². The zero-order chi connectivity index (χ0) is 14.4. The maximum Gasteiger partial charge on any atom is 0.325 e. The first-order valence-electron chi connectivity index (χ1n) is 5.96. The molecule has 7 heteroatoms. The van der Waals surface area contributed by atoms with E-state index in [-0.39, 0.29) is 23.0 Å². The van der Waals surface area contributed by atoms with E-state index < -0.39 is 0 Å². The monoisotopic (exact) mass is 341 g/mol. The Labute approximate surface area is 130 Å². The van der Waals surface area contributed by atoms with Gasteiger partial charge >= 0.3 is 6.03 Å². The van der Waals surface area contributed by atoms with Crippen molar-refractivity contribution in [3.63, 3.8) is 0 Å². The Morgan fingerprint density at radius 3 is 2.40 bits per heavy atom. The largest absolute Gasteiger partial charge is 0.330 e. The molecule has 20 heavy (non-hydrogen) atoms. The summed E-state index contributed by atoms with van der Waals surface area (Å²) >= 11 is 0. The highest BCUT2D eigenvalue weighted by atomic mass is 79.9. The van der Waals surface area contributed by atoms with Crippen LogP contribution in [0.2, 0.25) is 0 Å². The number of anilines is 1. The summed E-state index contributed by atoms with van der Waals surface area (Å²) in [7, 11) is 7.27. The zero-order valence-corrected chi connectivity index (χ0v) is 13.9. The molecule has 6 nitrogen and oxygen atoms in total. The minimum Gasteiger partial charge on any atom is -0.330 e. The smallest absolute Gasteiger partial charge is 0.325 e. The van der Waals surface area contributed by atoms with Gasteiger partial charge in [-0.2, -0.15) is 5.26 Å². The molecule has 0 saturated heterocycles. The predicted octanol–water partition coefficient (Wildman–Crippen LogP) is 1.58. The van der Waals surface area contributed by atoms with Crippen LogP contribution in [0.3, 0.4) is 0 Å². The summed E-state index contributed by atoms with van der Waals surface area (Å²) in [6.07, 6.45) is 0. The fraction of sp³-hybridized carbons (Fsp3) is 0.462. The van der Waals surface area contributed by atoms with Gasteiger partial charge in [0.05, 0.1) is 0 Å². The van der Waals surface area contributed by atoms with Crippen LogP contribution in [0.4, 0.5) is 10.6 Å². The SMILES string of the molecule is Br.CN(C)CCN(C(=O)N(C)C)c1cccc(C#N)n1. The summed E-state index contributed by atoms with van der Waals surface area (Å²) in [5, 5.41) is 8.88. The lowest BCUT2D eigenvalue weighted by Gasteiger charge is -2.26. The molecule has 1 aromatic rings. The van der Waals surface area contributed by atoms with Crippen LogP contribution in [-0.2, 0) is 0 Å². The molecule has 0 aliphatic heterocycles. The third-order valence-corrected chi connectivity index (χ3v) is 2.51. The summed E-state index contributed by atoms with van der Waals surface area (Å²) in [4.78, 5) is 21.4. The van der Waals surface area contributed by atoms with Gasteiger partial charge in [0.25, 0.3) is 0 Å². The number of likely N-dealkylation sites (N-methyl/N-ethyl adjacent to an activating group) is 1. The second kappa shape index (κ2) is 8.51. The van der Waals surface area contributed by atoms with Crippen LogP contribution in [0.5, 0.6) is 0 Å². The van der Waals surface area contributed by atoms with Crippen LogP contribution in [0, 0.1) is 11.3 Å². The molecule has 0 atom stereocenters. The number of halogens is 1. The topological polar surface area (TPSA) is 63.5 Å². The first-order valence-corrected chi connectivity index (χ1v) is 5.96. The van der Waals surface area contributed by atoms with Crippen molar-refractivity contribution in [3.05, 3.63) is 23.9 Å². The fourth-order valence-corrected chi connectivity index (χ4v) is 1.49. The first-order chi connectivity index (χ1) is 8.95. The first kappa shape index (κ1) is 18.4. The number of urea groups is 1. The number of carbonyl (C=O) groups excluding carboxylic acids is 1. The standard InChI is InChI=1S/C13H19N5O.BrH/c1-16(2)8-9-18(13(19)17(3)4)12-7-5-6-11(10-14)15-12;/h5-7H,8-9H2,1-4H3;1H. The Bertz CT molecular complexity index is 484. The number of nitriles is 1. The molecule has 0 aromatic carbocycles. The molecule has 0 bridgehead atoms. The van der Waals surface area contributed by atoms with Crippen molar-refractivity contribution in [1.29, 1.82) is 5.26 Å². The van der Waals surface area contributed by atoms with Crippen LogP contribution in [0.1, 0.15) is 5.69 Å². The molecule has 110 valence electrons. The maximum absolute atomic E-state index is 12.2.